The van der Waals surface area contributed by atoms with Gasteiger partial charge in [-0.05, 0) is 0 Å². The van der Waals surface area contributed by atoms with E-state index >= 15 is 0 Å². The van der Waals surface area contributed by atoms with Crippen molar-refractivity contribution in [2.45, 2.75) is 19.1 Å². The van der Waals surface area contributed by atoms with Gasteiger partial charge >= 0.3 is 108 Å². The van der Waals surface area contributed by atoms with Crippen molar-refractivity contribution in [3.63, 3.8) is 0 Å². The molecule has 112 valence electrons. The van der Waals surface area contributed by atoms with Gasteiger partial charge in [0.05, 0.1) is 0 Å². The van der Waals surface area contributed by atoms with Gasteiger partial charge in [0.1, 0.15) is 0 Å². The maximum Gasteiger partial charge on any atom is 0.291 e. The molecule has 0 aliphatic carbocycles. The summed E-state index contributed by atoms with van der Waals surface area (Å²) < 4.78 is 3.01. The van der Waals surface area contributed by atoms with Crippen LogP contribution >= 0.6 is 0 Å². The van der Waals surface area contributed by atoms with Crippen molar-refractivity contribution < 1.29 is 10.3 Å². The van der Waals surface area contributed by atoms with Crippen LogP contribution in [0.4, 0.5) is 5.69 Å². The molecule has 0 saturated carbocycles. The molecule has 3 N–H and O–H groups in total. The van der Waals surface area contributed by atoms with Crippen LogP contribution in [0.2, 0.25) is 5.21 Å². The fourth-order valence-electron chi connectivity index (χ4n) is 1.89. The molecule has 21 heavy (non-hydrogen) atoms. The molecule has 0 spiro atoms. The standard InChI is InChI=1S/C15H18AsN.HNO3/c1-3-16(13-6-4-12(2)5-7-13)14-8-10-15(17)11-9-14;2-1(3)4/h4-11H,3,17H2,1-2H3;(H,2,3,4). The number of nitrogens with two attached hydrogens (primary N) is 1. The van der Waals surface area contributed by atoms with Crippen LogP contribution in [0, 0.1) is 17.0 Å². The maximum absolute atomic E-state index is 8.36. The Morgan fingerprint density at radius 1 is 1.10 bits per heavy atom. The Balaban J connectivity index is 0.000000491. The van der Waals surface area contributed by atoms with Crippen LogP contribution in [0.25, 0.3) is 0 Å². The van der Waals surface area contributed by atoms with Gasteiger partial charge in [-0.1, -0.05) is 0 Å². The second-order valence-corrected chi connectivity index (χ2v) is 9.70. The third kappa shape index (κ3) is 5.88. The second kappa shape index (κ2) is 8.32. The topological polar surface area (TPSA) is 89.4 Å². The van der Waals surface area contributed by atoms with Crippen molar-refractivity contribution >= 4 is 29.0 Å². The average Bonchev–Trinajstić information content (AvgIpc) is 2.43. The Morgan fingerprint density at radius 2 is 1.48 bits per heavy atom. The third-order valence-electron chi connectivity index (χ3n) is 2.87. The summed E-state index contributed by atoms with van der Waals surface area (Å²) in [5, 5.41) is 14.9. The largest absolute Gasteiger partial charge is 0.328 e. The number of benzene rings is 2. The number of aryl methyl sites for hydroxylation is 1. The molecule has 0 radical (unpaired) electrons. The molecule has 0 aromatic heterocycles. The number of nitrogens with zero attached hydrogens (tertiary/aromatic N) is 1. The molecule has 0 aliphatic heterocycles. The minimum atomic E-state index is -1.50. The minimum Gasteiger partial charge on any atom is -0.328 e. The van der Waals surface area contributed by atoms with E-state index in [1.54, 1.807) is 0 Å². The smallest absolute Gasteiger partial charge is 0.291 e. The van der Waals surface area contributed by atoms with Crippen molar-refractivity contribution in [3.8, 4) is 0 Å². The van der Waals surface area contributed by atoms with E-state index in [0.717, 1.165) is 5.69 Å². The summed E-state index contributed by atoms with van der Waals surface area (Å²) in [5.74, 6) is 0. The van der Waals surface area contributed by atoms with E-state index in [4.69, 9.17) is 21.1 Å². The molecule has 6 heteroatoms. The fraction of sp³-hybridized carbons (Fsp3) is 0.200. The number of hydrogen-bond donors (Lipinski definition) is 2. The van der Waals surface area contributed by atoms with Crippen molar-refractivity contribution in [1.29, 1.82) is 0 Å². The molecule has 0 heterocycles. The molecular weight excluding hydrogens is 331 g/mol. The zero-order valence-electron chi connectivity index (χ0n) is 12.1. The van der Waals surface area contributed by atoms with Gasteiger partial charge in [0.25, 0.3) is 5.09 Å². The van der Waals surface area contributed by atoms with Gasteiger partial charge in [-0.2, -0.15) is 0 Å². The van der Waals surface area contributed by atoms with Crippen LogP contribution in [0.5, 0.6) is 0 Å². The normalized spacial score (nSPS) is 11.1. The quantitative estimate of drug-likeness (QED) is 0.383. The van der Waals surface area contributed by atoms with E-state index in [2.05, 4.69) is 50.2 Å². The number of anilines is 1. The van der Waals surface area contributed by atoms with Crippen LogP contribution in [0.3, 0.4) is 0 Å². The average molecular weight is 350 g/mol. The first-order valence-electron chi connectivity index (χ1n) is 6.47. The van der Waals surface area contributed by atoms with Gasteiger partial charge in [0, 0.05) is 0 Å². The molecule has 2 aromatic rings. The number of hydrogen-bond acceptors (Lipinski definition) is 3. The summed E-state index contributed by atoms with van der Waals surface area (Å²) in [7, 11) is 0. The molecule has 2 aromatic carbocycles. The zero-order valence-corrected chi connectivity index (χ0v) is 13.9. The van der Waals surface area contributed by atoms with Crippen molar-refractivity contribution in [2.24, 2.45) is 0 Å². The van der Waals surface area contributed by atoms with E-state index < -0.39 is 19.7 Å². The van der Waals surface area contributed by atoms with E-state index in [0.29, 0.717) is 0 Å². The van der Waals surface area contributed by atoms with Crippen molar-refractivity contribution in [3.05, 3.63) is 64.2 Å². The summed E-state index contributed by atoms with van der Waals surface area (Å²) in [6.45, 7) is 4.42. The van der Waals surface area contributed by atoms with E-state index in [1.807, 2.05) is 12.1 Å². The van der Waals surface area contributed by atoms with Gasteiger partial charge in [0.2, 0.25) is 0 Å². The molecule has 0 aliphatic rings. The maximum atomic E-state index is 8.36. The Kier molecular flexibility index (Phi) is 6.76. The first-order valence-corrected chi connectivity index (χ1v) is 9.67. The SMILES string of the molecule is CC[As](c1ccc(C)cc1)c1ccc(N)cc1.O=[N+]([O-])O. The van der Waals surface area contributed by atoms with E-state index in [-0.39, 0.29) is 0 Å². The second-order valence-electron chi connectivity index (χ2n) is 4.41. The van der Waals surface area contributed by atoms with Gasteiger partial charge in [0.15, 0.2) is 0 Å². The molecule has 1 atom stereocenters. The predicted octanol–water partition coefficient (Wildman–Crippen LogP) is 1.86. The number of nitrogen functional groups attached to an aromatic ring is 1. The van der Waals surface area contributed by atoms with Crippen molar-refractivity contribution in [1.82, 2.24) is 0 Å². The first-order chi connectivity index (χ1) is 9.93. The Labute approximate surface area is 128 Å². The van der Waals surface area contributed by atoms with E-state index in [9.17, 15) is 0 Å². The molecular formula is C15H19AsN2O3. The Hall–Kier alpha value is -2.00. The molecule has 0 bridgehead atoms. The van der Waals surface area contributed by atoms with Gasteiger partial charge < -0.3 is 5.21 Å². The number of rotatable bonds is 3. The molecule has 2 rings (SSSR count). The zero-order chi connectivity index (χ0) is 15.8. The third-order valence-corrected chi connectivity index (χ3v) is 8.06. The predicted molar refractivity (Wildman–Crippen MR) is 86.3 cm³/mol. The Bertz CT molecular complexity index is 521. The summed E-state index contributed by atoms with van der Waals surface area (Å²) in [4.78, 5) is 8.36. The Morgan fingerprint density at radius 3 is 1.86 bits per heavy atom. The minimum absolute atomic E-state index is 0.850. The molecule has 0 saturated heterocycles. The molecule has 0 amide bonds. The van der Waals surface area contributed by atoms with Crippen molar-refractivity contribution in [2.75, 3.05) is 5.73 Å². The molecule has 0 fully saturated rings. The first kappa shape index (κ1) is 17.1. The van der Waals surface area contributed by atoms with Crippen LogP contribution in [0.15, 0.2) is 48.5 Å². The fourth-order valence-corrected chi connectivity index (χ4v) is 6.19. The summed E-state index contributed by atoms with van der Waals surface area (Å²) in [6.07, 6.45) is 0. The summed E-state index contributed by atoms with van der Waals surface area (Å²) in [6, 6.07) is 17.4. The summed E-state index contributed by atoms with van der Waals surface area (Å²) in [5.41, 5.74) is 7.92. The monoisotopic (exact) mass is 350 g/mol. The van der Waals surface area contributed by atoms with Gasteiger partial charge in [-0.15, -0.1) is 10.1 Å². The molecule has 5 nitrogen and oxygen atoms in total. The molecule has 1 unspecified atom stereocenters. The van der Waals surface area contributed by atoms with Crippen LogP contribution in [-0.2, 0) is 0 Å². The van der Waals surface area contributed by atoms with Gasteiger partial charge in [-0.3, -0.25) is 0 Å². The van der Waals surface area contributed by atoms with Crippen LogP contribution in [-0.4, -0.2) is 24.9 Å². The van der Waals surface area contributed by atoms with Crippen LogP contribution < -0.4 is 14.4 Å². The summed E-state index contributed by atoms with van der Waals surface area (Å²) >= 11 is -1.10. The van der Waals surface area contributed by atoms with Crippen LogP contribution in [0.1, 0.15) is 12.5 Å². The van der Waals surface area contributed by atoms with E-state index in [1.165, 1.54) is 19.5 Å². The van der Waals surface area contributed by atoms with Gasteiger partial charge in [-0.25, -0.2) is 0 Å².